The van der Waals surface area contributed by atoms with Crippen LogP contribution >= 0.6 is 27.7 Å². The Labute approximate surface area is 127 Å². The molecule has 0 saturated heterocycles. The van der Waals surface area contributed by atoms with Gasteiger partial charge in [-0.2, -0.15) is 0 Å². The number of thioether (sulfide) groups is 1. The van der Waals surface area contributed by atoms with Crippen LogP contribution in [0, 0.1) is 0 Å². The molecule has 4 nitrogen and oxygen atoms in total. The summed E-state index contributed by atoms with van der Waals surface area (Å²) in [4.78, 5) is 1.17. The maximum absolute atomic E-state index is 11.1. The fraction of sp³-hybridized carbons (Fsp3) is 0.500. The highest BCUT2D eigenvalue weighted by atomic mass is 79.9. The summed E-state index contributed by atoms with van der Waals surface area (Å²) in [5.74, 6) is 6.53. The molecule has 1 aromatic rings. The van der Waals surface area contributed by atoms with Crippen molar-refractivity contribution in [3.63, 3.8) is 0 Å². The highest BCUT2D eigenvalue weighted by Crippen LogP contribution is 2.22. The van der Waals surface area contributed by atoms with Crippen LogP contribution in [0.5, 0.6) is 0 Å². The predicted octanol–water partition coefficient (Wildman–Crippen LogP) is 2.20. The van der Waals surface area contributed by atoms with Crippen LogP contribution in [0.2, 0.25) is 0 Å². The van der Waals surface area contributed by atoms with Crippen molar-refractivity contribution in [2.45, 2.75) is 23.8 Å². The van der Waals surface area contributed by atoms with E-state index in [1.807, 2.05) is 24.3 Å². The van der Waals surface area contributed by atoms with Gasteiger partial charge in [0.2, 0.25) is 0 Å². The van der Waals surface area contributed by atoms with Crippen LogP contribution in [0.4, 0.5) is 0 Å². The highest BCUT2D eigenvalue weighted by molar-refractivity contribution is 9.10. The molecule has 0 heterocycles. The summed E-state index contributed by atoms with van der Waals surface area (Å²) in [5.41, 5.74) is 2.75. The molecule has 19 heavy (non-hydrogen) atoms. The van der Waals surface area contributed by atoms with Crippen molar-refractivity contribution in [2.75, 3.05) is 17.8 Å². The van der Waals surface area contributed by atoms with Crippen LogP contribution in [0.25, 0.3) is 0 Å². The van der Waals surface area contributed by atoms with Crippen LogP contribution in [-0.4, -0.2) is 32.2 Å². The first-order valence-electron chi connectivity index (χ1n) is 5.93. The van der Waals surface area contributed by atoms with Crippen LogP contribution in [0.15, 0.2) is 33.6 Å². The first-order chi connectivity index (χ1) is 8.90. The van der Waals surface area contributed by atoms with Gasteiger partial charge in [0.1, 0.15) is 9.84 Å². The predicted molar refractivity (Wildman–Crippen MR) is 84.9 cm³/mol. The van der Waals surface area contributed by atoms with Gasteiger partial charge in [-0.05, 0) is 37.1 Å². The lowest BCUT2D eigenvalue weighted by atomic mass is 10.2. The molecule has 1 unspecified atom stereocenters. The number of halogens is 1. The van der Waals surface area contributed by atoms with E-state index in [0.29, 0.717) is 6.42 Å². The summed E-state index contributed by atoms with van der Waals surface area (Å²) < 4.78 is 23.2. The van der Waals surface area contributed by atoms with E-state index in [9.17, 15) is 8.42 Å². The average Bonchev–Trinajstić information content (AvgIpc) is 2.34. The van der Waals surface area contributed by atoms with E-state index in [2.05, 4.69) is 21.4 Å². The zero-order chi connectivity index (χ0) is 14.3. The van der Waals surface area contributed by atoms with Crippen LogP contribution in [-0.2, 0) is 9.84 Å². The Morgan fingerprint density at radius 1 is 1.37 bits per heavy atom. The van der Waals surface area contributed by atoms with Gasteiger partial charge >= 0.3 is 0 Å². The quantitative estimate of drug-likeness (QED) is 0.419. The molecule has 0 aliphatic rings. The summed E-state index contributed by atoms with van der Waals surface area (Å²) in [5, 5.41) is 0. The Bertz CT molecular complexity index is 477. The number of nitrogens with two attached hydrogens (primary N) is 1. The van der Waals surface area contributed by atoms with Gasteiger partial charge in [-0.3, -0.25) is 11.3 Å². The molecule has 3 N–H and O–H groups in total. The third kappa shape index (κ3) is 7.94. The molecular formula is C12H19BrN2O2S2. The van der Waals surface area contributed by atoms with Crippen molar-refractivity contribution in [2.24, 2.45) is 5.84 Å². The second-order valence-corrected chi connectivity index (χ2v) is 8.67. The maximum Gasteiger partial charge on any atom is 0.147 e. The largest absolute Gasteiger partial charge is 0.271 e. The minimum absolute atomic E-state index is 0.121. The molecule has 1 aromatic carbocycles. The van der Waals surface area contributed by atoms with Crippen molar-refractivity contribution in [3.8, 4) is 0 Å². The second kappa shape index (κ2) is 8.26. The van der Waals surface area contributed by atoms with Crippen molar-refractivity contribution in [1.29, 1.82) is 0 Å². The van der Waals surface area contributed by atoms with Crippen LogP contribution in [0.3, 0.4) is 0 Å². The highest BCUT2D eigenvalue weighted by Gasteiger charge is 2.09. The Morgan fingerprint density at radius 3 is 2.53 bits per heavy atom. The van der Waals surface area contributed by atoms with E-state index in [0.717, 1.165) is 16.6 Å². The molecule has 0 bridgehead atoms. The minimum Gasteiger partial charge on any atom is -0.271 e. The fourth-order valence-corrected chi connectivity index (χ4v) is 3.47. The number of hydrogen-bond acceptors (Lipinski definition) is 5. The molecule has 7 heteroatoms. The minimum atomic E-state index is -2.88. The lowest BCUT2D eigenvalue weighted by Gasteiger charge is -2.15. The van der Waals surface area contributed by atoms with Crippen LogP contribution in [0.1, 0.15) is 12.8 Å². The number of rotatable bonds is 8. The van der Waals surface area contributed by atoms with Gasteiger partial charge in [0.15, 0.2) is 0 Å². The lowest BCUT2D eigenvalue weighted by molar-refractivity contribution is 0.528. The van der Waals surface area contributed by atoms with Gasteiger partial charge in [0.25, 0.3) is 0 Å². The fourth-order valence-electron chi connectivity index (χ4n) is 1.53. The number of hydrazine groups is 1. The third-order valence-corrected chi connectivity index (χ3v) is 5.30. The molecule has 0 aliphatic heterocycles. The molecule has 0 fully saturated rings. The van der Waals surface area contributed by atoms with Gasteiger partial charge < -0.3 is 0 Å². The van der Waals surface area contributed by atoms with Gasteiger partial charge in [0.05, 0.1) is 0 Å². The molecule has 108 valence electrons. The van der Waals surface area contributed by atoms with Gasteiger partial charge in [0, 0.05) is 33.2 Å². The normalized spacial score (nSPS) is 13.4. The van der Waals surface area contributed by atoms with E-state index >= 15 is 0 Å². The first kappa shape index (κ1) is 17.0. The van der Waals surface area contributed by atoms with Crippen molar-refractivity contribution >= 4 is 37.5 Å². The lowest BCUT2D eigenvalue weighted by Crippen LogP contribution is -2.37. The van der Waals surface area contributed by atoms with Crippen molar-refractivity contribution in [1.82, 2.24) is 5.43 Å². The van der Waals surface area contributed by atoms with Crippen molar-refractivity contribution in [3.05, 3.63) is 28.7 Å². The van der Waals surface area contributed by atoms with Gasteiger partial charge in [-0.15, -0.1) is 11.8 Å². The van der Waals surface area contributed by atoms with E-state index in [1.165, 1.54) is 11.2 Å². The van der Waals surface area contributed by atoms with E-state index in [4.69, 9.17) is 5.84 Å². The van der Waals surface area contributed by atoms with E-state index in [-0.39, 0.29) is 11.8 Å². The van der Waals surface area contributed by atoms with Crippen LogP contribution < -0.4 is 11.3 Å². The molecule has 0 saturated carbocycles. The summed E-state index contributed by atoms with van der Waals surface area (Å²) in [6.07, 6.45) is 2.65. The molecule has 0 spiro atoms. The summed E-state index contributed by atoms with van der Waals surface area (Å²) >= 11 is 5.10. The summed E-state index contributed by atoms with van der Waals surface area (Å²) in [7, 11) is -2.88. The molecule has 1 atom stereocenters. The molecule has 0 radical (unpaired) electrons. The number of sulfone groups is 1. The maximum atomic E-state index is 11.1. The smallest absolute Gasteiger partial charge is 0.147 e. The second-order valence-electron chi connectivity index (χ2n) is 4.40. The average molecular weight is 367 g/mol. The molecule has 0 amide bonds. The topological polar surface area (TPSA) is 72.2 Å². The molecule has 0 aliphatic carbocycles. The standard InChI is InChI=1S/C12H19BrN2O2S2/c1-19(16,17)8-2-3-11(15-14)9-18-12-6-4-10(13)5-7-12/h4-7,11,15H,2-3,8-9,14H2,1H3. The zero-order valence-electron chi connectivity index (χ0n) is 10.8. The first-order valence-corrected chi connectivity index (χ1v) is 9.77. The number of nitrogens with one attached hydrogen (secondary N) is 1. The third-order valence-electron chi connectivity index (χ3n) is 2.57. The summed E-state index contributed by atoms with van der Waals surface area (Å²) in [6.45, 7) is 0. The van der Waals surface area contributed by atoms with Gasteiger partial charge in [-0.25, -0.2) is 8.42 Å². The Balaban J connectivity index is 2.34. The Morgan fingerprint density at radius 2 is 2.00 bits per heavy atom. The number of hydrogen-bond donors (Lipinski definition) is 2. The SMILES string of the molecule is CS(=O)(=O)CCCC(CSc1ccc(Br)cc1)NN. The molecule has 1 rings (SSSR count). The van der Waals surface area contributed by atoms with E-state index in [1.54, 1.807) is 11.8 Å². The monoisotopic (exact) mass is 366 g/mol. The molecule has 0 aromatic heterocycles. The summed E-state index contributed by atoms with van der Waals surface area (Å²) in [6, 6.07) is 8.20. The Kier molecular flexibility index (Phi) is 7.38. The zero-order valence-corrected chi connectivity index (χ0v) is 14.0. The van der Waals surface area contributed by atoms with Gasteiger partial charge in [-0.1, -0.05) is 15.9 Å². The van der Waals surface area contributed by atoms with E-state index < -0.39 is 9.84 Å². The van der Waals surface area contributed by atoms with Crippen molar-refractivity contribution < 1.29 is 8.42 Å². The Hall–Kier alpha value is -0.0800. The molecular weight excluding hydrogens is 348 g/mol. The number of benzene rings is 1.